The summed E-state index contributed by atoms with van der Waals surface area (Å²) in [6.07, 6.45) is 0.842. The number of hydrogen-bond donors (Lipinski definition) is 6. The number of benzene rings is 2. The monoisotopic (exact) mass is 535 g/mol. The SMILES string of the molecule is CSCC[C@H](NC(=O)[C@H](NS(=O)(=O)Cc1ccccc1)C(C)O)C(=O)NCc1ccc(C(=N)N)cc1. The number of sulfonamides is 1. The van der Waals surface area contributed by atoms with Crippen molar-refractivity contribution in [3.8, 4) is 0 Å². The molecule has 12 heteroatoms. The molecule has 0 aliphatic carbocycles. The van der Waals surface area contributed by atoms with Crippen molar-refractivity contribution in [1.29, 1.82) is 5.41 Å². The Balaban J connectivity index is 2.06. The molecule has 7 N–H and O–H groups in total. The van der Waals surface area contributed by atoms with E-state index in [4.69, 9.17) is 11.1 Å². The summed E-state index contributed by atoms with van der Waals surface area (Å²) >= 11 is 1.50. The molecule has 0 aliphatic rings. The average molecular weight is 536 g/mol. The Kier molecular flexibility index (Phi) is 11.4. The largest absolute Gasteiger partial charge is 0.391 e. The highest BCUT2D eigenvalue weighted by atomic mass is 32.2. The van der Waals surface area contributed by atoms with Crippen molar-refractivity contribution in [1.82, 2.24) is 15.4 Å². The summed E-state index contributed by atoms with van der Waals surface area (Å²) in [6.45, 7) is 1.49. The lowest BCUT2D eigenvalue weighted by Crippen LogP contribution is -2.57. The lowest BCUT2D eigenvalue weighted by Gasteiger charge is -2.24. The smallest absolute Gasteiger partial charge is 0.242 e. The number of nitrogen functional groups attached to an aromatic ring is 1. The molecule has 0 saturated heterocycles. The van der Waals surface area contributed by atoms with Crippen LogP contribution in [0.3, 0.4) is 0 Å². The number of carbonyl (C=O) groups is 2. The first-order valence-corrected chi connectivity index (χ1v) is 14.3. The quantitative estimate of drug-likeness (QED) is 0.152. The van der Waals surface area contributed by atoms with Gasteiger partial charge in [0.25, 0.3) is 0 Å². The molecular weight excluding hydrogens is 502 g/mol. The first kappa shape index (κ1) is 29.3. The predicted molar refractivity (Wildman–Crippen MR) is 142 cm³/mol. The van der Waals surface area contributed by atoms with Gasteiger partial charge in [-0.3, -0.25) is 15.0 Å². The molecule has 0 spiro atoms. The molecule has 10 nitrogen and oxygen atoms in total. The van der Waals surface area contributed by atoms with Crippen molar-refractivity contribution < 1.29 is 23.1 Å². The molecule has 0 bridgehead atoms. The maximum Gasteiger partial charge on any atom is 0.242 e. The van der Waals surface area contributed by atoms with Gasteiger partial charge in [-0.25, -0.2) is 8.42 Å². The molecule has 0 radical (unpaired) electrons. The van der Waals surface area contributed by atoms with Crippen LogP contribution in [0, 0.1) is 5.41 Å². The summed E-state index contributed by atoms with van der Waals surface area (Å²) in [6, 6.07) is 12.9. The van der Waals surface area contributed by atoms with E-state index in [2.05, 4.69) is 15.4 Å². The van der Waals surface area contributed by atoms with Crippen LogP contribution in [-0.2, 0) is 31.9 Å². The van der Waals surface area contributed by atoms with Crippen LogP contribution in [0.15, 0.2) is 54.6 Å². The Morgan fingerprint density at radius 1 is 1.06 bits per heavy atom. The van der Waals surface area contributed by atoms with Crippen LogP contribution in [0.2, 0.25) is 0 Å². The lowest BCUT2D eigenvalue weighted by atomic mass is 10.1. The second-order valence-electron chi connectivity index (χ2n) is 8.25. The second kappa shape index (κ2) is 14.0. The Labute approximate surface area is 216 Å². The normalized spacial score (nSPS) is 13.9. The summed E-state index contributed by atoms with van der Waals surface area (Å²) in [5.74, 6) is -1.08. The van der Waals surface area contributed by atoms with E-state index in [9.17, 15) is 23.1 Å². The molecule has 2 rings (SSSR count). The maximum absolute atomic E-state index is 13.0. The Morgan fingerprint density at radius 3 is 2.25 bits per heavy atom. The molecule has 3 atom stereocenters. The highest BCUT2D eigenvalue weighted by Crippen LogP contribution is 2.09. The lowest BCUT2D eigenvalue weighted by molar-refractivity contribution is -0.131. The summed E-state index contributed by atoms with van der Waals surface area (Å²) in [7, 11) is -3.95. The van der Waals surface area contributed by atoms with Crippen molar-refractivity contribution in [2.24, 2.45) is 5.73 Å². The van der Waals surface area contributed by atoms with Gasteiger partial charge in [-0.05, 0) is 36.5 Å². The molecule has 0 heterocycles. The maximum atomic E-state index is 13.0. The van der Waals surface area contributed by atoms with Gasteiger partial charge < -0.3 is 21.5 Å². The zero-order valence-electron chi connectivity index (χ0n) is 20.2. The topological polar surface area (TPSA) is 174 Å². The molecular formula is C24H33N5O5S2. The van der Waals surface area contributed by atoms with Gasteiger partial charge in [0.1, 0.15) is 17.9 Å². The van der Waals surface area contributed by atoms with Crippen molar-refractivity contribution in [2.75, 3.05) is 12.0 Å². The van der Waals surface area contributed by atoms with Crippen LogP contribution in [0.1, 0.15) is 30.0 Å². The number of hydrogen-bond acceptors (Lipinski definition) is 7. The zero-order valence-corrected chi connectivity index (χ0v) is 21.9. The minimum Gasteiger partial charge on any atom is -0.391 e. The fourth-order valence-electron chi connectivity index (χ4n) is 3.28. The number of nitrogens with two attached hydrogens (primary N) is 1. The molecule has 2 amide bonds. The molecule has 0 saturated carbocycles. The first-order chi connectivity index (χ1) is 17.0. The number of nitrogens with one attached hydrogen (secondary N) is 4. The number of amidine groups is 1. The number of amides is 2. The first-order valence-electron chi connectivity index (χ1n) is 11.2. The van der Waals surface area contributed by atoms with E-state index in [0.29, 0.717) is 23.3 Å². The molecule has 2 aromatic rings. The second-order valence-corrected chi connectivity index (χ2v) is 11.0. The summed E-state index contributed by atoms with van der Waals surface area (Å²) in [4.78, 5) is 25.8. The Hall–Kier alpha value is -2.93. The van der Waals surface area contributed by atoms with Crippen LogP contribution in [-0.4, -0.2) is 61.4 Å². The van der Waals surface area contributed by atoms with E-state index >= 15 is 0 Å². The molecule has 0 aromatic heterocycles. The predicted octanol–water partition coefficient (Wildman–Crippen LogP) is 0.694. The number of aliphatic hydroxyl groups excluding tert-OH is 1. The van der Waals surface area contributed by atoms with Crippen LogP contribution in [0.25, 0.3) is 0 Å². The third-order valence-electron chi connectivity index (χ3n) is 5.25. The highest BCUT2D eigenvalue weighted by Gasteiger charge is 2.31. The standard InChI is InChI=1S/C24H33N5O5S2/c1-16(30)21(29-36(33,34)15-18-6-4-3-5-7-18)24(32)28-20(12-13-35-2)23(31)27-14-17-8-10-19(11-9-17)22(25)26/h3-11,16,20-21,29-30H,12-15H2,1-2H3,(H3,25,26)(H,27,31)(H,28,32)/t16?,20-,21+/m0/s1. The third-order valence-corrected chi connectivity index (χ3v) is 7.22. The Morgan fingerprint density at radius 2 is 1.69 bits per heavy atom. The molecule has 1 unspecified atom stereocenters. The van der Waals surface area contributed by atoms with Gasteiger partial charge in [0.15, 0.2) is 0 Å². The molecule has 2 aromatic carbocycles. The van der Waals surface area contributed by atoms with Gasteiger partial charge in [-0.15, -0.1) is 0 Å². The average Bonchev–Trinajstić information content (AvgIpc) is 2.83. The fourth-order valence-corrected chi connectivity index (χ4v) is 5.16. The summed E-state index contributed by atoms with van der Waals surface area (Å²) in [5, 5.41) is 22.9. The summed E-state index contributed by atoms with van der Waals surface area (Å²) < 4.78 is 27.5. The van der Waals surface area contributed by atoms with Crippen LogP contribution in [0.5, 0.6) is 0 Å². The van der Waals surface area contributed by atoms with Gasteiger partial charge in [-0.2, -0.15) is 16.5 Å². The minimum absolute atomic E-state index is 0.0579. The van der Waals surface area contributed by atoms with Gasteiger partial charge >= 0.3 is 0 Å². The van der Waals surface area contributed by atoms with Gasteiger partial charge in [0.2, 0.25) is 21.8 Å². The van der Waals surface area contributed by atoms with E-state index < -0.39 is 40.0 Å². The zero-order chi connectivity index (χ0) is 26.7. The van der Waals surface area contributed by atoms with E-state index in [1.807, 2.05) is 6.26 Å². The third kappa shape index (κ3) is 9.61. The van der Waals surface area contributed by atoms with Gasteiger partial charge in [0, 0.05) is 12.1 Å². The number of rotatable bonds is 14. The molecule has 36 heavy (non-hydrogen) atoms. The molecule has 0 fully saturated rings. The minimum atomic E-state index is -3.95. The summed E-state index contributed by atoms with van der Waals surface area (Å²) in [5.41, 5.74) is 7.32. The van der Waals surface area contributed by atoms with Crippen LogP contribution < -0.4 is 21.1 Å². The van der Waals surface area contributed by atoms with E-state index in [-0.39, 0.29) is 18.1 Å². The van der Waals surface area contributed by atoms with E-state index in [0.717, 1.165) is 5.56 Å². The van der Waals surface area contributed by atoms with Crippen molar-refractivity contribution in [2.45, 2.75) is 43.8 Å². The Bertz CT molecular complexity index is 1130. The van der Waals surface area contributed by atoms with Crippen molar-refractivity contribution >= 4 is 39.4 Å². The van der Waals surface area contributed by atoms with Gasteiger partial charge in [0.05, 0.1) is 11.9 Å². The van der Waals surface area contributed by atoms with E-state index in [1.54, 1.807) is 54.6 Å². The number of aliphatic hydroxyl groups is 1. The number of carbonyl (C=O) groups excluding carboxylic acids is 2. The van der Waals surface area contributed by atoms with Crippen molar-refractivity contribution in [3.05, 3.63) is 71.3 Å². The molecule has 196 valence electrons. The van der Waals surface area contributed by atoms with Crippen LogP contribution in [0.4, 0.5) is 0 Å². The number of thioether (sulfide) groups is 1. The van der Waals surface area contributed by atoms with Crippen LogP contribution >= 0.6 is 11.8 Å². The molecule has 0 aliphatic heterocycles. The highest BCUT2D eigenvalue weighted by molar-refractivity contribution is 7.98. The van der Waals surface area contributed by atoms with E-state index in [1.165, 1.54) is 18.7 Å². The van der Waals surface area contributed by atoms with Crippen molar-refractivity contribution in [3.63, 3.8) is 0 Å². The van der Waals surface area contributed by atoms with Gasteiger partial charge in [-0.1, -0.05) is 54.6 Å². The fraction of sp³-hybridized carbons (Fsp3) is 0.375.